The van der Waals surface area contributed by atoms with Gasteiger partial charge in [-0.05, 0) is 0 Å². The van der Waals surface area contributed by atoms with Gasteiger partial charge in [-0.3, -0.25) is 0 Å². The van der Waals surface area contributed by atoms with E-state index >= 15 is 0 Å². The molecule has 1 unspecified atom stereocenters. The number of aryl methyl sites for hydroxylation is 3. The summed E-state index contributed by atoms with van der Waals surface area (Å²) in [6.45, 7) is 4.49. The van der Waals surface area contributed by atoms with Crippen LogP contribution in [0.3, 0.4) is 0 Å². The third-order valence-corrected chi connectivity index (χ3v) is 20.3. The third kappa shape index (κ3) is 6.19. The average Bonchev–Trinajstić information content (AvgIpc) is 3.28. The standard InChI is InChI=1S/C12H11Si.C10H13NO.C9H7.2ClH.Ti/c1-3-7-11(8-4-1)13-12-9-5-2-6-10-12;1-6-4-7(2)9(10(11)12)8(3)5-6;1-2-5-9-7-3-6-8(9)4-1;;;/h1-10,13H;4-5H,1-3H3,(H2,11,12);1-7H;2*1H;/q;;;;;+3/p-3. The second kappa shape index (κ2) is 12.9. The molecule has 1 aliphatic carbocycles. The molecule has 1 amide bonds. The molecule has 1 N–H and O–H groups in total. The third-order valence-electron chi connectivity index (χ3n) is 6.87. The molecule has 0 saturated heterocycles. The van der Waals surface area contributed by atoms with Crippen LogP contribution >= 0.6 is 0 Å². The fourth-order valence-electron chi connectivity index (χ4n) is 5.42. The van der Waals surface area contributed by atoms with E-state index in [9.17, 15) is 4.79 Å². The molecule has 0 aromatic heterocycles. The van der Waals surface area contributed by atoms with Crippen molar-refractivity contribution >= 4 is 29.0 Å². The van der Waals surface area contributed by atoms with Gasteiger partial charge in [-0.2, -0.15) is 0 Å². The van der Waals surface area contributed by atoms with Gasteiger partial charge in [0.1, 0.15) is 0 Å². The van der Waals surface area contributed by atoms with Crippen molar-refractivity contribution in [2.75, 3.05) is 0 Å². The summed E-state index contributed by atoms with van der Waals surface area (Å²) in [6, 6.07) is 34.8. The molecular weight excluding hydrogens is 549 g/mol. The van der Waals surface area contributed by atoms with Crippen LogP contribution in [-0.2, 0) is 17.4 Å². The van der Waals surface area contributed by atoms with E-state index in [0.717, 1.165) is 16.7 Å². The van der Waals surface area contributed by atoms with Gasteiger partial charge < -0.3 is 24.8 Å². The van der Waals surface area contributed by atoms with Crippen molar-refractivity contribution in [2.24, 2.45) is 0 Å². The molecule has 37 heavy (non-hydrogen) atoms. The minimum Gasteiger partial charge on any atom is -1.00 e. The minimum atomic E-state index is -2.30. The molecule has 0 aliphatic heterocycles. The van der Waals surface area contributed by atoms with E-state index in [2.05, 4.69) is 134 Å². The summed E-state index contributed by atoms with van der Waals surface area (Å²) in [7, 11) is 0. The Morgan fingerprint density at radius 3 is 1.84 bits per heavy atom. The molecule has 4 aromatic carbocycles. The second-order valence-electron chi connectivity index (χ2n) is 9.40. The number of hydrogen-bond acceptors (Lipinski definition) is 1. The number of allylic oxidation sites excluding steroid dienone is 1. The van der Waals surface area contributed by atoms with E-state index in [4.69, 9.17) is 0 Å². The fourth-order valence-corrected chi connectivity index (χ4v) is 19.8. The van der Waals surface area contributed by atoms with Gasteiger partial charge in [0, 0.05) is 0 Å². The molecule has 0 heterocycles. The molecule has 1 atom stereocenters. The van der Waals surface area contributed by atoms with Gasteiger partial charge in [0.05, 0.1) is 0 Å². The average molecular weight is 579 g/mol. The first-order valence-electron chi connectivity index (χ1n) is 12.2. The molecule has 187 valence electrons. The molecule has 0 fully saturated rings. The molecule has 0 radical (unpaired) electrons. The largest absolute Gasteiger partial charge is 1.00 e. The summed E-state index contributed by atoms with van der Waals surface area (Å²) in [4.78, 5) is 14.0. The van der Waals surface area contributed by atoms with Crippen LogP contribution in [-0.4, -0.2) is 12.6 Å². The zero-order valence-electron chi connectivity index (χ0n) is 21.2. The number of rotatable bonds is 6. The van der Waals surface area contributed by atoms with E-state index in [1.807, 2.05) is 0 Å². The number of carbonyl (C=O) groups is 1. The van der Waals surface area contributed by atoms with E-state index in [-0.39, 0.29) is 30.7 Å². The summed E-state index contributed by atoms with van der Waals surface area (Å²) < 4.78 is 4.04. The number of carbonyl (C=O) groups excluding carboxylic acids is 1. The summed E-state index contributed by atoms with van der Waals surface area (Å²) in [6.07, 6.45) is 4.62. The first kappa shape index (κ1) is 29.2. The predicted molar refractivity (Wildman–Crippen MR) is 146 cm³/mol. The van der Waals surface area contributed by atoms with Crippen molar-refractivity contribution in [1.29, 1.82) is 0 Å². The summed E-state index contributed by atoms with van der Waals surface area (Å²) in [5.74, 6) is 0.0946. The number of fused-ring (bicyclic) bond motifs is 1. The topological polar surface area (TPSA) is 29.1 Å². The van der Waals surface area contributed by atoms with Crippen molar-refractivity contribution in [3.8, 4) is 0 Å². The molecule has 4 aromatic rings. The smallest absolute Gasteiger partial charge is 1.00 e. The van der Waals surface area contributed by atoms with Gasteiger partial charge in [-0.1, -0.05) is 0 Å². The molecule has 0 spiro atoms. The van der Waals surface area contributed by atoms with Gasteiger partial charge in [0.15, 0.2) is 0 Å². The molecule has 0 saturated carbocycles. The zero-order chi connectivity index (χ0) is 24.4. The van der Waals surface area contributed by atoms with Crippen molar-refractivity contribution in [3.05, 3.63) is 137 Å². The van der Waals surface area contributed by atoms with E-state index in [0.29, 0.717) is 4.22 Å². The normalized spacial score (nSPS) is 13.4. The number of halogens is 2. The number of hydrogen-bond donors (Lipinski definition) is 1. The van der Waals surface area contributed by atoms with Crippen molar-refractivity contribution < 1.29 is 47.0 Å². The Labute approximate surface area is 240 Å². The van der Waals surface area contributed by atoms with Gasteiger partial charge in [0.2, 0.25) is 0 Å². The van der Waals surface area contributed by atoms with Crippen LogP contribution in [0.15, 0.2) is 103 Å². The first-order chi connectivity index (χ1) is 17.0. The van der Waals surface area contributed by atoms with Gasteiger partial charge in [-0.25, -0.2) is 0 Å². The summed E-state index contributed by atoms with van der Waals surface area (Å²) >= 11 is -2.30. The van der Waals surface area contributed by atoms with Crippen LogP contribution in [0.25, 0.3) is 6.08 Å². The number of nitrogens with one attached hydrogen (secondary N) is 1. The molecule has 1 aliphatic rings. The Kier molecular flexibility index (Phi) is 10.2. The van der Waals surface area contributed by atoms with Crippen LogP contribution in [0.1, 0.15) is 42.4 Å². The van der Waals surface area contributed by atoms with Crippen LogP contribution in [0, 0.1) is 20.8 Å². The van der Waals surface area contributed by atoms with Crippen LogP contribution in [0.4, 0.5) is 0 Å². The SMILES string of the molecule is Cc1cc(C)c(C(=O)[NH][Ti+2]([CH]2C=Cc3ccccc32)[SiH](c2ccccc2)c2ccccc2)c(C)c1.[Cl-].[Cl-]. The molecule has 2 nitrogen and oxygen atoms in total. The fraction of sp³-hybridized carbons (Fsp3) is 0.129. The molecule has 5 rings (SSSR count). The monoisotopic (exact) mass is 578 g/mol. The quantitative estimate of drug-likeness (QED) is 0.298. The van der Waals surface area contributed by atoms with Crippen LogP contribution in [0.5, 0.6) is 0 Å². The van der Waals surface area contributed by atoms with Crippen molar-refractivity contribution in [2.45, 2.75) is 25.0 Å². The Bertz CT molecular complexity index is 1330. The predicted octanol–water partition coefficient (Wildman–Crippen LogP) is -0.811. The number of benzene rings is 4. The maximum absolute atomic E-state index is 14.0. The summed E-state index contributed by atoms with van der Waals surface area (Å²) in [5, 5.41) is 2.81. The van der Waals surface area contributed by atoms with E-state index < -0.39 is 24.0 Å². The first-order valence-corrected chi connectivity index (χ1v) is 18.3. The van der Waals surface area contributed by atoms with Crippen LogP contribution < -0.4 is 39.0 Å². The summed E-state index contributed by atoms with van der Waals surface area (Å²) in [5.41, 5.74) is 6.79. The zero-order valence-corrected chi connectivity index (χ0v) is 25.4. The van der Waals surface area contributed by atoms with Gasteiger partial charge >= 0.3 is 217 Å². The van der Waals surface area contributed by atoms with Crippen molar-refractivity contribution in [1.82, 2.24) is 3.80 Å². The maximum Gasteiger partial charge on any atom is -1.00 e. The van der Waals surface area contributed by atoms with Gasteiger partial charge in [0.25, 0.3) is 0 Å². The Morgan fingerprint density at radius 1 is 0.757 bits per heavy atom. The van der Waals surface area contributed by atoms with Gasteiger partial charge in [-0.15, -0.1) is 0 Å². The maximum atomic E-state index is 14.0. The Balaban J connectivity index is 0.00000190. The second-order valence-corrected chi connectivity index (χ2v) is 19.7. The Morgan fingerprint density at radius 2 is 1.27 bits per heavy atom. The number of amides is 1. The molecule has 6 heteroatoms. The minimum absolute atomic E-state index is 0. The van der Waals surface area contributed by atoms with Crippen molar-refractivity contribution in [3.63, 3.8) is 0 Å². The Hall–Kier alpha value is -2.40. The van der Waals surface area contributed by atoms with E-state index in [1.165, 1.54) is 27.1 Å². The molecular formula is C31H30Cl2NOSiTi. The van der Waals surface area contributed by atoms with E-state index in [1.54, 1.807) is 0 Å². The molecule has 0 bridgehead atoms. The van der Waals surface area contributed by atoms with Crippen LogP contribution in [0.2, 0.25) is 0 Å².